The van der Waals surface area contributed by atoms with E-state index >= 15 is 0 Å². The largest absolute Gasteiger partial charge is 0.469 e. The maximum atomic E-state index is 11.4. The van der Waals surface area contributed by atoms with Gasteiger partial charge in [0, 0.05) is 6.42 Å². The highest BCUT2D eigenvalue weighted by atomic mass is 16.5. The van der Waals surface area contributed by atoms with Crippen LogP contribution in [-0.4, -0.2) is 24.9 Å². The number of methoxy groups -OCH3 is 1. The predicted octanol–water partition coefficient (Wildman–Crippen LogP) is 0.330. The number of esters is 1. The molecule has 0 aromatic heterocycles. The average Bonchev–Trinajstić information content (AvgIpc) is 2.43. The molecule has 0 spiro atoms. The molecule has 6 nitrogen and oxygen atoms in total. The molecule has 0 aliphatic carbocycles. The highest BCUT2D eigenvalue weighted by Crippen LogP contribution is 2.01. The third-order valence-electron chi connectivity index (χ3n) is 2.36. The number of hydrogen-bond acceptors (Lipinski definition) is 4. The Hall–Kier alpha value is -2.37. The van der Waals surface area contributed by atoms with Gasteiger partial charge in [-0.15, -0.1) is 0 Å². The molecular weight excluding hydrogens is 248 g/mol. The van der Waals surface area contributed by atoms with Gasteiger partial charge in [-0.2, -0.15) is 0 Å². The first-order chi connectivity index (χ1) is 9.11. The minimum Gasteiger partial charge on any atom is -0.469 e. The number of carbonyl (C=O) groups is 3. The van der Waals surface area contributed by atoms with E-state index in [2.05, 4.69) is 15.6 Å². The van der Waals surface area contributed by atoms with E-state index in [9.17, 15) is 14.4 Å². The molecule has 0 aliphatic rings. The van der Waals surface area contributed by atoms with Crippen molar-refractivity contribution in [3.63, 3.8) is 0 Å². The number of aryl methyl sites for hydroxylation is 1. The number of carbonyl (C=O) groups excluding carboxylic acids is 3. The minimum atomic E-state index is -0.656. The van der Waals surface area contributed by atoms with Gasteiger partial charge in [0.25, 0.3) is 0 Å². The third-order valence-corrected chi connectivity index (χ3v) is 2.36. The van der Waals surface area contributed by atoms with Crippen molar-refractivity contribution in [2.45, 2.75) is 19.3 Å². The summed E-state index contributed by atoms with van der Waals surface area (Å²) in [6.07, 6.45) is 0.414. The van der Waals surface area contributed by atoms with Gasteiger partial charge in [0.2, 0.25) is 11.8 Å². The Morgan fingerprint density at radius 3 is 2.32 bits per heavy atom. The summed E-state index contributed by atoms with van der Waals surface area (Å²) in [6, 6.07) is 9.53. The van der Waals surface area contributed by atoms with Crippen molar-refractivity contribution in [2.24, 2.45) is 0 Å². The van der Waals surface area contributed by atoms with Crippen molar-refractivity contribution < 1.29 is 19.1 Å². The first kappa shape index (κ1) is 14.7. The van der Waals surface area contributed by atoms with Gasteiger partial charge in [-0.3, -0.25) is 25.2 Å². The lowest BCUT2D eigenvalue weighted by atomic mass is 10.1. The van der Waals surface area contributed by atoms with Gasteiger partial charge in [0.05, 0.1) is 7.11 Å². The summed E-state index contributed by atoms with van der Waals surface area (Å²) in [6.45, 7) is 0. The lowest BCUT2D eigenvalue weighted by molar-refractivity contribution is -0.144. The van der Waals surface area contributed by atoms with Crippen molar-refractivity contribution in [3.05, 3.63) is 35.9 Å². The smallest absolute Gasteiger partial charge is 0.315 e. The Labute approximate surface area is 111 Å². The minimum absolute atomic E-state index is 0.252. The van der Waals surface area contributed by atoms with Gasteiger partial charge in [-0.25, -0.2) is 0 Å². The van der Waals surface area contributed by atoms with Crippen LogP contribution in [0.1, 0.15) is 18.4 Å². The van der Waals surface area contributed by atoms with E-state index in [1.165, 1.54) is 7.11 Å². The molecule has 1 aromatic rings. The van der Waals surface area contributed by atoms with E-state index in [1.807, 2.05) is 30.3 Å². The van der Waals surface area contributed by atoms with Crippen molar-refractivity contribution in [1.29, 1.82) is 0 Å². The van der Waals surface area contributed by atoms with Crippen LogP contribution in [0.15, 0.2) is 30.3 Å². The van der Waals surface area contributed by atoms with Gasteiger partial charge >= 0.3 is 5.97 Å². The Morgan fingerprint density at radius 2 is 1.68 bits per heavy atom. The SMILES string of the molecule is COC(=O)CC(=O)NNC(=O)CCc1ccccc1. The number of ether oxygens (including phenoxy) is 1. The van der Waals surface area contributed by atoms with E-state index in [4.69, 9.17) is 0 Å². The maximum Gasteiger partial charge on any atom is 0.315 e. The second kappa shape index (κ2) is 7.86. The molecule has 1 rings (SSSR count). The predicted molar refractivity (Wildman–Crippen MR) is 67.7 cm³/mol. The summed E-state index contributed by atoms with van der Waals surface area (Å²) in [7, 11) is 1.19. The van der Waals surface area contributed by atoms with E-state index in [0.29, 0.717) is 6.42 Å². The average molecular weight is 264 g/mol. The summed E-state index contributed by atoms with van der Waals surface area (Å²) in [5, 5.41) is 0. The van der Waals surface area contributed by atoms with Gasteiger partial charge in [0.1, 0.15) is 6.42 Å². The molecule has 0 heterocycles. The summed E-state index contributed by atoms with van der Waals surface area (Å²) < 4.78 is 4.32. The fourth-order valence-corrected chi connectivity index (χ4v) is 1.35. The van der Waals surface area contributed by atoms with Crippen molar-refractivity contribution in [3.8, 4) is 0 Å². The Kier molecular flexibility index (Phi) is 6.08. The summed E-state index contributed by atoms with van der Waals surface area (Å²) in [4.78, 5) is 33.4. The Balaban J connectivity index is 2.21. The number of hydrazine groups is 1. The molecule has 2 amide bonds. The molecule has 2 N–H and O–H groups in total. The number of hydrogen-bond donors (Lipinski definition) is 2. The molecule has 19 heavy (non-hydrogen) atoms. The molecule has 1 aromatic carbocycles. The summed E-state index contributed by atoms with van der Waals surface area (Å²) >= 11 is 0. The maximum absolute atomic E-state index is 11.4. The second-order valence-electron chi connectivity index (χ2n) is 3.83. The standard InChI is InChI=1S/C13H16N2O4/c1-19-13(18)9-12(17)15-14-11(16)8-7-10-5-3-2-4-6-10/h2-6H,7-9H2,1H3,(H,14,16)(H,15,17). The van der Waals surface area contributed by atoms with Crippen LogP contribution in [-0.2, 0) is 25.5 Å². The van der Waals surface area contributed by atoms with Crippen LogP contribution in [0.4, 0.5) is 0 Å². The zero-order valence-electron chi connectivity index (χ0n) is 10.6. The Bertz CT molecular complexity index is 445. The molecule has 0 bridgehead atoms. The van der Waals surface area contributed by atoms with Crippen LogP contribution in [0, 0.1) is 0 Å². The van der Waals surface area contributed by atoms with Crippen molar-refractivity contribution in [1.82, 2.24) is 10.9 Å². The van der Waals surface area contributed by atoms with E-state index in [0.717, 1.165) is 5.56 Å². The molecule has 0 saturated carbocycles. The zero-order valence-corrected chi connectivity index (χ0v) is 10.6. The summed E-state index contributed by atoms with van der Waals surface area (Å²) in [5.74, 6) is -1.59. The van der Waals surface area contributed by atoms with Gasteiger partial charge in [-0.05, 0) is 12.0 Å². The van der Waals surface area contributed by atoms with Gasteiger partial charge in [-0.1, -0.05) is 30.3 Å². The van der Waals surface area contributed by atoms with Gasteiger partial charge in [0.15, 0.2) is 0 Å². The monoisotopic (exact) mass is 264 g/mol. The van der Waals surface area contributed by atoms with E-state index in [1.54, 1.807) is 0 Å². The third kappa shape index (κ3) is 6.21. The second-order valence-corrected chi connectivity index (χ2v) is 3.83. The lowest BCUT2D eigenvalue weighted by Gasteiger charge is -2.06. The number of rotatable bonds is 5. The van der Waals surface area contributed by atoms with Crippen LogP contribution in [0.25, 0.3) is 0 Å². The van der Waals surface area contributed by atoms with Crippen LogP contribution in [0.3, 0.4) is 0 Å². The van der Waals surface area contributed by atoms with Crippen LogP contribution < -0.4 is 10.9 Å². The topological polar surface area (TPSA) is 84.5 Å². The van der Waals surface area contributed by atoms with Crippen LogP contribution >= 0.6 is 0 Å². The molecule has 6 heteroatoms. The first-order valence-corrected chi connectivity index (χ1v) is 5.80. The normalized spacial score (nSPS) is 9.53. The molecule has 102 valence electrons. The Morgan fingerprint density at radius 1 is 1.05 bits per heavy atom. The van der Waals surface area contributed by atoms with E-state index in [-0.39, 0.29) is 12.3 Å². The lowest BCUT2D eigenvalue weighted by Crippen LogP contribution is -2.42. The quantitative estimate of drug-likeness (QED) is 0.456. The number of nitrogens with one attached hydrogen (secondary N) is 2. The molecule has 0 fully saturated rings. The molecule has 0 unspecified atom stereocenters. The van der Waals surface area contributed by atoms with E-state index < -0.39 is 18.3 Å². The molecule has 0 saturated heterocycles. The molecule has 0 radical (unpaired) electrons. The summed E-state index contributed by atoms with van der Waals surface area (Å²) in [5.41, 5.74) is 5.42. The molecule has 0 aliphatic heterocycles. The highest BCUT2D eigenvalue weighted by Gasteiger charge is 2.10. The zero-order chi connectivity index (χ0) is 14.1. The number of benzene rings is 1. The van der Waals surface area contributed by atoms with Crippen molar-refractivity contribution >= 4 is 17.8 Å². The van der Waals surface area contributed by atoms with Crippen LogP contribution in [0.2, 0.25) is 0 Å². The molecular formula is C13H16N2O4. The highest BCUT2D eigenvalue weighted by molar-refractivity contribution is 5.94. The fraction of sp³-hybridized carbons (Fsp3) is 0.308. The van der Waals surface area contributed by atoms with Crippen LogP contribution in [0.5, 0.6) is 0 Å². The van der Waals surface area contributed by atoms with Gasteiger partial charge < -0.3 is 4.74 Å². The molecule has 0 atom stereocenters. The number of amides is 2. The first-order valence-electron chi connectivity index (χ1n) is 5.80. The fourth-order valence-electron chi connectivity index (χ4n) is 1.35. The van der Waals surface area contributed by atoms with Crippen molar-refractivity contribution in [2.75, 3.05) is 7.11 Å².